The molecule has 0 bridgehead atoms. The molecule has 1 saturated heterocycles. The molecule has 1 atom stereocenters. The van der Waals surface area contributed by atoms with E-state index in [9.17, 15) is 9.90 Å². The van der Waals surface area contributed by atoms with E-state index in [1.807, 2.05) is 24.3 Å². The Bertz CT molecular complexity index is 1290. The molecular formula is C26H30N6O2. The molecule has 1 aliphatic heterocycles. The first-order valence-electron chi connectivity index (χ1n) is 11.9. The van der Waals surface area contributed by atoms with Gasteiger partial charge in [0.15, 0.2) is 11.5 Å². The predicted octanol–water partition coefficient (Wildman–Crippen LogP) is 3.00. The smallest absolute Gasteiger partial charge is 0.264 e. The summed E-state index contributed by atoms with van der Waals surface area (Å²) in [6.45, 7) is 5.14. The summed E-state index contributed by atoms with van der Waals surface area (Å²) >= 11 is 0. The second-order valence-corrected chi connectivity index (χ2v) is 9.33. The molecule has 0 radical (unpaired) electrons. The fourth-order valence-electron chi connectivity index (χ4n) is 4.70. The molecule has 0 aliphatic carbocycles. The van der Waals surface area contributed by atoms with E-state index < -0.39 is 5.60 Å². The lowest BCUT2D eigenvalue weighted by Gasteiger charge is -2.38. The largest absolute Gasteiger partial charge is 0.388 e. The number of benzene rings is 1. The zero-order valence-corrected chi connectivity index (χ0v) is 19.4. The quantitative estimate of drug-likeness (QED) is 0.458. The van der Waals surface area contributed by atoms with Crippen LogP contribution >= 0.6 is 0 Å². The van der Waals surface area contributed by atoms with Crippen LogP contribution in [0.25, 0.3) is 16.9 Å². The Morgan fingerprint density at radius 2 is 1.82 bits per heavy atom. The van der Waals surface area contributed by atoms with Gasteiger partial charge in [0.2, 0.25) is 0 Å². The number of likely N-dealkylation sites (tertiary alicyclic amines) is 1. The Morgan fingerprint density at radius 1 is 1.06 bits per heavy atom. The number of nitrogens with zero attached hydrogens (tertiary/aromatic N) is 6. The zero-order valence-electron chi connectivity index (χ0n) is 19.4. The van der Waals surface area contributed by atoms with Gasteiger partial charge in [-0.1, -0.05) is 43.3 Å². The molecule has 176 valence electrons. The van der Waals surface area contributed by atoms with E-state index in [4.69, 9.17) is 0 Å². The van der Waals surface area contributed by atoms with Crippen molar-refractivity contribution >= 4 is 11.0 Å². The van der Waals surface area contributed by atoms with E-state index in [0.29, 0.717) is 35.6 Å². The van der Waals surface area contributed by atoms with Crippen LogP contribution in [0, 0.1) is 0 Å². The van der Waals surface area contributed by atoms with Gasteiger partial charge in [0.05, 0.1) is 18.3 Å². The number of hydrogen-bond donors (Lipinski definition) is 1. The summed E-state index contributed by atoms with van der Waals surface area (Å²) in [6, 6.07) is 16.1. The van der Waals surface area contributed by atoms with Crippen LogP contribution < -0.4 is 5.56 Å². The first kappa shape index (κ1) is 22.4. The summed E-state index contributed by atoms with van der Waals surface area (Å²) in [5.41, 5.74) is 0.719. The van der Waals surface area contributed by atoms with Gasteiger partial charge in [-0.05, 0) is 49.4 Å². The Balaban J connectivity index is 1.22. The van der Waals surface area contributed by atoms with Crippen LogP contribution in [0.3, 0.4) is 0 Å². The number of fused-ring (bicyclic) bond motifs is 1. The summed E-state index contributed by atoms with van der Waals surface area (Å²) in [4.78, 5) is 24.3. The van der Waals surface area contributed by atoms with E-state index >= 15 is 0 Å². The highest BCUT2D eigenvalue weighted by molar-refractivity contribution is 5.74. The van der Waals surface area contributed by atoms with Gasteiger partial charge in [-0.3, -0.25) is 9.36 Å². The van der Waals surface area contributed by atoms with Gasteiger partial charge in [0, 0.05) is 19.3 Å². The second kappa shape index (κ2) is 9.48. The highest BCUT2D eigenvalue weighted by atomic mass is 16.3. The minimum atomic E-state index is -0.919. The molecule has 5 rings (SSSR count). The van der Waals surface area contributed by atoms with Crippen molar-refractivity contribution in [3.63, 3.8) is 0 Å². The molecule has 1 aliphatic rings. The molecule has 34 heavy (non-hydrogen) atoms. The molecule has 8 heteroatoms. The van der Waals surface area contributed by atoms with Crippen molar-refractivity contribution in [3.05, 3.63) is 83.2 Å². The van der Waals surface area contributed by atoms with Crippen LogP contribution in [-0.2, 0) is 6.54 Å². The molecular weight excluding hydrogens is 428 g/mol. The van der Waals surface area contributed by atoms with Crippen molar-refractivity contribution in [3.8, 4) is 5.82 Å². The monoisotopic (exact) mass is 458 g/mol. The zero-order chi connectivity index (χ0) is 23.5. The van der Waals surface area contributed by atoms with Crippen LogP contribution in [-0.4, -0.2) is 59.6 Å². The van der Waals surface area contributed by atoms with Crippen molar-refractivity contribution in [2.75, 3.05) is 19.6 Å². The maximum absolute atomic E-state index is 13.1. The van der Waals surface area contributed by atoms with Gasteiger partial charge >= 0.3 is 0 Å². The Kier molecular flexibility index (Phi) is 6.26. The van der Waals surface area contributed by atoms with E-state index in [2.05, 4.69) is 51.2 Å². The molecule has 0 spiro atoms. The van der Waals surface area contributed by atoms with Crippen LogP contribution in [0.5, 0.6) is 0 Å². The van der Waals surface area contributed by atoms with E-state index in [1.165, 1.54) is 22.7 Å². The fourth-order valence-corrected chi connectivity index (χ4v) is 4.70. The van der Waals surface area contributed by atoms with Gasteiger partial charge in [0.25, 0.3) is 5.56 Å². The lowest BCUT2D eigenvalue weighted by molar-refractivity contribution is -0.0351. The van der Waals surface area contributed by atoms with Crippen LogP contribution in [0.2, 0.25) is 0 Å². The van der Waals surface area contributed by atoms with Crippen LogP contribution in [0.1, 0.15) is 37.7 Å². The van der Waals surface area contributed by atoms with Gasteiger partial charge in [-0.25, -0.2) is 9.97 Å². The minimum absolute atomic E-state index is 0.195. The normalized spacial score (nSPS) is 17.1. The standard InChI is InChI=1S/C26H30N6O2/c1-20(21-7-3-2-4-8-21)10-14-30-15-11-26(34,12-16-30)18-31-19-28-24-22(25(31)33)17-29-32(24)23-9-5-6-13-27-23/h2-9,13,17,19-20,34H,10-12,14-16,18H2,1H3/t20-/m1/s1. The Labute approximate surface area is 198 Å². The molecule has 4 aromatic rings. The van der Waals surface area contributed by atoms with Crippen molar-refractivity contribution in [1.29, 1.82) is 0 Å². The van der Waals surface area contributed by atoms with Crippen LogP contribution in [0.15, 0.2) is 72.0 Å². The van der Waals surface area contributed by atoms with Gasteiger partial charge in [0.1, 0.15) is 11.7 Å². The third-order valence-corrected chi connectivity index (χ3v) is 6.92. The summed E-state index contributed by atoms with van der Waals surface area (Å²) in [6.07, 6.45) is 7.06. The number of piperidine rings is 1. The maximum atomic E-state index is 13.1. The average Bonchev–Trinajstić information content (AvgIpc) is 3.31. The lowest BCUT2D eigenvalue weighted by atomic mass is 9.90. The second-order valence-electron chi connectivity index (χ2n) is 9.33. The SMILES string of the molecule is C[C@H](CCN1CCC(O)(Cn2cnc3c(cnn3-c3ccccn3)c2=O)CC1)c1ccccc1. The van der Waals surface area contributed by atoms with Crippen molar-refractivity contribution < 1.29 is 5.11 Å². The molecule has 4 heterocycles. The summed E-state index contributed by atoms with van der Waals surface area (Å²) in [5.74, 6) is 1.11. The molecule has 1 fully saturated rings. The van der Waals surface area contributed by atoms with Gasteiger partial charge in [-0.2, -0.15) is 9.78 Å². The molecule has 8 nitrogen and oxygen atoms in total. The van der Waals surface area contributed by atoms with Gasteiger partial charge < -0.3 is 10.0 Å². The third-order valence-electron chi connectivity index (χ3n) is 6.92. The first-order valence-corrected chi connectivity index (χ1v) is 11.9. The Morgan fingerprint density at radius 3 is 2.56 bits per heavy atom. The topological polar surface area (TPSA) is 89.1 Å². The van der Waals surface area contributed by atoms with Crippen molar-refractivity contribution in [2.45, 2.75) is 44.2 Å². The lowest BCUT2D eigenvalue weighted by Crippen LogP contribution is -2.48. The fraction of sp³-hybridized carbons (Fsp3) is 0.385. The summed E-state index contributed by atoms with van der Waals surface area (Å²) in [7, 11) is 0. The Hall–Kier alpha value is -3.36. The van der Waals surface area contributed by atoms with Crippen LogP contribution in [0.4, 0.5) is 0 Å². The molecule has 0 amide bonds. The molecule has 0 saturated carbocycles. The predicted molar refractivity (Wildman–Crippen MR) is 131 cm³/mol. The van der Waals surface area contributed by atoms with Crippen molar-refractivity contribution in [1.82, 2.24) is 29.2 Å². The number of pyridine rings is 1. The number of aliphatic hydroxyl groups is 1. The van der Waals surface area contributed by atoms with E-state index in [1.54, 1.807) is 10.9 Å². The average molecular weight is 459 g/mol. The molecule has 1 N–H and O–H groups in total. The van der Waals surface area contributed by atoms with Gasteiger partial charge in [-0.15, -0.1) is 0 Å². The first-order chi connectivity index (χ1) is 16.5. The maximum Gasteiger partial charge on any atom is 0.264 e. The third kappa shape index (κ3) is 4.64. The number of rotatable bonds is 7. The minimum Gasteiger partial charge on any atom is -0.388 e. The molecule has 0 unspecified atom stereocenters. The van der Waals surface area contributed by atoms with E-state index in [0.717, 1.165) is 26.1 Å². The molecule has 3 aromatic heterocycles. The number of hydrogen-bond acceptors (Lipinski definition) is 6. The highest BCUT2D eigenvalue weighted by Gasteiger charge is 2.33. The summed E-state index contributed by atoms with van der Waals surface area (Å²) < 4.78 is 3.07. The van der Waals surface area contributed by atoms with E-state index in [-0.39, 0.29) is 12.1 Å². The highest BCUT2D eigenvalue weighted by Crippen LogP contribution is 2.26. The molecule has 1 aromatic carbocycles. The van der Waals surface area contributed by atoms with Crippen molar-refractivity contribution in [2.24, 2.45) is 0 Å². The summed E-state index contributed by atoms with van der Waals surface area (Å²) in [5, 5.41) is 16.0. The number of aromatic nitrogens is 5.